The number of ketones is 1. The van der Waals surface area contributed by atoms with Crippen molar-refractivity contribution in [2.24, 2.45) is 23.7 Å². The predicted molar refractivity (Wildman–Crippen MR) is 81.3 cm³/mol. The molecular formula is C18H17NO3. The number of hydrogen-bond donors (Lipinski definition) is 0. The van der Waals surface area contributed by atoms with Gasteiger partial charge in [0.15, 0.2) is 5.78 Å². The summed E-state index contributed by atoms with van der Waals surface area (Å²) in [6.07, 6.45) is 6.22. The van der Waals surface area contributed by atoms with Gasteiger partial charge in [0, 0.05) is 5.56 Å². The van der Waals surface area contributed by atoms with Crippen molar-refractivity contribution >= 4 is 23.3 Å². The van der Waals surface area contributed by atoms with Crippen molar-refractivity contribution in [1.29, 1.82) is 0 Å². The first-order valence-corrected chi connectivity index (χ1v) is 7.75. The van der Waals surface area contributed by atoms with Gasteiger partial charge in [-0.3, -0.25) is 19.3 Å². The molecule has 1 saturated carbocycles. The second-order valence-electron chi connectivity index (χ2n) is 6.46. The summed E-state index contributed by atoms with van der Waals surface area (Å²) in [5.74, 6) is -0.163. The van der Waals surface area contributed by atoms with Gasteiger partial charge in [0.1, 0.15) is 0 Å². The molecule has 4 nitrogen and oxygen atoms in total. The molecule has 0 aromatic heterocycles. The molecule has 1 aromatic rings. The summed E-state index contributed by atoms with van der Waals surface area (Å²) in [6.45, 7) is 1.50. The van der Waals surface area contributed by atoms with Gasteiger partial charge in [-0.2, -0.15) is 0 Å². The zero-order valence-corrected chi connectivity index (χ0v) is 12.4. The maximum absolute atomic E-state index is 12.8. The van der Waals surface area contributed by atoms with Crippen molar-refractivity contribution in [3.63, 3.8) is 0 Å². The highest BCUT2D eigenvalue weighted by Crippen LogP contribution is 2.50. The minimum absolute atomic E-state index is 0.0264. The van der Waals surface area contributed by atoms with Gasteiger partial charge in [-0.05, 0) is 55.9 Å². The second-order valence-corrected chi connectivity index (χ2v) is 6.46. The highest BCUT2D eigenvalue weighted by atomic mass is 16.2. The van der Waals surface area contributed by atoms with Gasteiger partial charge in [0.25, 0.3) is 0 Å². The van der Waals surface area contributed by atoms with E-state index in [1.165, 1.54) is 11.8 Å². The van der Waals surface area contributed by atoms with E-state index in [1.807, 2.05) is 0 Å². The van der Waals surface area contributed by atoms with E-state index in [2.05, 4.69) is 12.2 Å². The molecule has 5 rings (SSSR count). The second kappa shape index (κ2) is 4.63. The summed E-state index contributed by atoms with van der Waals surface area (Å²) in [5.41, 5.74) is 1.16. The molecule has 1 heterocycles. The Kier molecular flexibility index (Phi) is 2.83. The van der Waals surface area contributed by atoms with Gasteiger partial charge in [-0.1, -0.05) is 12.2 Å². The largest absolute Gasteiger partial charge is 0.295 e. The van der Waals surface area contributed by atoms with Crippen LogP contribution < -0.4 is 4.90 Å². The molecule has 4 aliphatic rings. The van der Waals surface area contributed by atoms with Crippen molar-refractivity contribution in [1.82, 2.24) is 0 Å². The van der Waals surface area contributed by atoms with Crippen LogP contribution in [0.2, 0.25) is 0 Å². The lowest BCUT2D eigenvalue weighted by Crippen LogP contribution is -2.38. The van der Waals surface area contributed by atoms with E-state index in [9.17, 15) is 14.4 Å². The Morgan fingerprint density at radius 2 is 1.45 bits per heavy atom. The first-order valence-electron chi connectivity index (χ1n) is 7.75. The topological polar surface area (TPSA) is 54.5 Å². The fourth-order valence-electron chi connectivity index (χ4n) is 4.17. The van der Waals surface area contributed by atoms with E-state index in [1.54, 1.807) is 24.3 Å². The lowest BCUT2D eigenvalue weighted by molar-refractivity contribution is -0.124. The summed E-state index contributed by atoms with van der Waals surface area (Å²) < 4.78 is 0. The van der Waals surface area contributed by atoms with Crippen LogP contribution in [0.5, 0.6) is 0 Å². The van der Waals surface area contributed by atoms with Crippen LogP contribution in [0, 0.1) is 23.7 Å². The number of amides is 2. The quantitative estimate of drug-likeness (QED) is 0.479. The highest BCUT2D eigenvalue weighted by molar-refractivity contribution is 6.22. The molecule has 1 aromatic carbocycles. The van der Waals surface area contributed by atoms with Gasteiger partial charge < -0.3 is 0 Å². The number of hydrogen-bond acceptors (Lipinski definition) is 3. The van der Waals surface area contributed by atoms with Crippen LogP contribution in [-0.4, -0.2) is 17.6 Å². The molecule has 1 aliphatic heterocycles. The third-order valence-corrected chi connectivity index (χ3v) is 5.29. The van der Waals surface area contributed by atoms with Crippen molar-refractivity contribution < 1.29 is 14.4 Å². The Labute approximate surface area is 128 Å². The van der Waals surface area contributed by atoms with Crippen LogP contribution in [0.3, 0.4) is 0 Å². The van der Waals surface area contributed by atoms with E-state index >= 15 is 0 Å². The van der Waals surface area contributed by atoms with E-state index in [-0.39, 0.29) is 41.3 Å². The maximum Gasteiger partial charge on any atom is 0.238 e. The zero-order valence-electron chi connectivity index (χ0n) is 12.4. The molecule has 0 spiro atoms. The number of anilines is 1. The number of fused-ring (bicyclic) bond motifs is 1. The minimum Gasteiger partial charge on any atom is -0.295 e. The van der Waals surface area contributed by atoms with Crippen LogP contribution in [-0.2, 0) is 9.59 Å². The normalized spacial score (nSPS) is 32.5. The lowest BCUT2D eigenvalue weighted by atomic mass is 9.63. The number of allylic oxidation sites excluding steroid dienone is 2. The number of imide groups is 1. The van der Waals surface area contributed by atoms with E-state index < -0.39 is 0 Å². The number of Topliss-reactive ketones (excluding diaryl/α,β-unsaturated/α-hetero) is 1. The predicted octanol–water partition coefficient (Wildman–Crippen LogP) is 2.59. The Balaban J connectivity index is 1.70. The average Bonchev–Trinajstić information content (AvgIpc) is 2.82. The SMILES string of the molecule is CC(=O)c1ccc(N2C(=O)[C@H]3[C@H](C2=O)[C@H]2C=C[C@H]3CC2)cc1. The Bertz CT molecular complexity index is 672. The van der Waals surface area contributed by atoms with Crippen molar-refractivity contribution in [3.05, 3.63) is 42.0 Å². The molecule has 112 valence electrons. The number of benzene rings is 1. The van der Waals surface area contributed by atoms with Gasteiger partial charge in [0.2, 0.25) is 11.8 Å². The van der Waals surface area contributed by atoms with Crippen molar-refractivity contribution in [2.75, 3.05) is 4.90 Å². The van der Waals surface area contributed by atoms with E-state index in [4.69, 9.17) is 0 Å². The summed E-state index contributed by atoms with van der Waals surface area (Å²) in [6, 6.07) is 6.73. The van der Waals surface area contributed by atoms with Gasteiger partial charge >= 0.3 is 0 Å². The van der Waals surface area contributed by atoms with Crippen LogP contribution in [0.4, 0.5) is 5.69 Å². The first kappa shape index (κ1) is 13.4. The molecule has 4 atom stereocenters. The first-order chi connectivity index (χ1) is 10.6. The minimum atomic E-state index is -0.191. The molecule has 3 aliphatic carbocycles. The van der Waals surface area contributed by atoms with Crippen LogP contribution >= 0.6 is 0 Å². The molecule has 1 saturated heterocycles. The van der Waals surface area contributed by atoms with E-state index in [0.717, 1.165) is 12.8 Å². The number of carbonyl (C=O) groups excluding carboxylic acids is 3. The van der Waals surface area contributed by atoms with Crippen molar-refractivity contribution in [2.45, 2.75) is 19.8 Å². The Morgan fingerprint density at radius 3 is 1.86 bits per heavy atom. The monoisotopic (exact) mass is 295 g/mol. The zero-order chi connectivity index (χ0) is 15.4. The molecule has 2 amide bonds. The van der Waals surface area contributed by atoms with Gasteiger partial charge in [-0.25, -0.2) is 0 Å². The lowest BCUT2D eigenvalue weighted by Gasteiger charge is -2.38. The van der Waals surface area contributed by atoms with Crippen LogP contribution in [0.15, 0.2) is 36.4 Å². The van der Waals surface area contributed by atoms with Crippen LogP contribution in [0.1, 0.15) is 30.1 Å². The number of nitrogens with zero attached hydrogens (tertiary/aromatic N) is 1. The summed E-state index contributed by atoms with van der Waals surface area (Å²) >= 11 is 0. The van der Waals surface area contributed by atoms with Gasteiger partial charge in [-0.15, -0.1) is 0 Å². The number of carbonyl (C=O) groups is 3. The third kappa shape index (κ3) is 1.73. The number of rotatable bonds is 2. The molecule has 4 heteroatoms. The highest BCUT2D eigenvalue weighted by Gasteiger charge is 2.56. The summed E-state index contributed by atoms with van der Waals surface area (Å²) in [5, 5.41) is 0. The molecule has 2 bridgehead atoms. The molecule has 0 radical (unpaired) electrons. The van der Waals surface area contributed by atoms with Crippen LogP contribution in [0.25, 0.3) is 0 Å². The molecular weight excluding hydrogens is 278 g/mol. The molecule has 0 N–H and O–H groups in total. The summed E-state index contributed by atoms with van der Waals surface area (Å²) in [7, 11) is 0. The molecule has 22 heavy (non-hydrogen) atoms. The maximum atomic E-state index is 12.8. The fraction of sp³-hybridized carbons (Fsp3) is 0.389. The Hall–Kier alpha value is -2.23. The van der Waals surface area contributed by atoms with Crippen molar-refractivity contribution in [3.8, 4) is 0 Å². The molecule has 0 unspecified atom stereocenters. The Morgan fingerprint density at radius 1 is 0.955 bits per heavy atom. The average molecular weight is 295 g/mol. The fourth-order valence-corrected chi connectivity index (χ4v) is 4.17. The smallest absolute Gasteiger partial charge is 0.238 e. The summed E-state index contributed by atoms with van der Waals surface area (Å²) in [4.78, 5) is 38.2. The van der Waals surface area contributed by atoms with Gasteiger partial charge in [0.05, 0.1) is 17.5 Å². The standard InChI is InChI=1S/C18H17NO3/c1-10(20)11-6-8-14(9-7-11)19-17(21)15-12-2-3-13(5-4-12)16(15)18(19)22/h2-3,6-9,12-13,15-16H,4-5H2,1H3/t12-,13-,15+,16+/m0/s1. The molecule has 2 fully saturated rings. The van der Waals surface area contributed by atoms with E-state index in [0.29, 0.717) is 11.3 Å². The third-order valence-electron chi connectivity index (χ3n) is 5.29.